The van der Waals surface area contributed by atoms with Crippen LogP contribution in [0.3, 0.4) is 0 Å². The summed E-state index contributed by atoms with van der Waals surface area (Å²) in [5.74, 6) is -0.108. The Bertz CT molecular complexity index is 1030. The average Bonchev–Trinajstić information content (AvgIpc) is 2.87. The molecular formula is C14H13N5O4S. The Hall–Kier alpha value is -3.01. The maximum absolute atomic E-state index is 12.6. The summed E-state index contributed by atoms with van der Waals surface area (Å²) in [5.41, 5.74) is 0.709. The number of sulfonamides is 1. The molecule has 1 aromatic carbocycles. The number of aromatic nitrogens is 3. The highest BCUT2D eigenvalue weighted by molar-refractivity contribution is 7.92. The highest BCUT2D eigenvalue weighted by Crippen LogP contribution is 2.29. The monoisotopic (exact) mass is 347 g/mol. The number of hydrogen-bond donors (Lipinski definition) is 1. The number of nitro groups is 1. The largest absolute Gasteiger partial charge is 0.276 e. The normalized spacial score (nSPS) is 11.6. The van der Waals surface area contributed by atoms with E-state index < -0.39 is 14.9 Å². The second kappa shape index (κ2) is 5.57. The zero-order chi connectivity index (χ0) is 17.5. The van der Waals surface area contributed by atoms with E-state index in [9.17, 15) is 18.5 Å². The first-order valence-corrected chi connectivity index (χ1v) is 8.37. The Labute approximate surface area is 137 Å². The molecule has 3 rings (SSSR count). The molecule has 124 valence electrons. The molecule has 0 saturated heterocycles. The van der Waals surface area contributed by atoms with Gasteiger partial charge in [0.05, 0.1) is 9.82 Å². The van der Waals surface area contributed by atoms with E-state index in [1.54, 1.807) is 31.3 Å². The summed E-state index contributed by atoms with van der Waals surface area (Å²) in [5, 5.41) is 15.2. The van der Waals surface area contributed by atoms with E-state index in [0.717, 1.165) is 0 Å². The van der Waals surface area contributed by atoms with Crippen molar-refractivity contribution in [2.45, 2.75) is 18.7 Å². The number of benzene rings is 1. The SMILES string of the molecule is Cc1ccc(S(=O)(=O)Nc2nc3ccccn3n2)c(C)c1[N+](=O)[O-]. The number of rotatable bonds is 4. The summed E-state index contributed by atoms with van der Waals surface area (Å²) < 4.78 is 28.8. The van der Waals surface area contributed by atoms with Crippen molar-refractivity contribution in [1.29, 1.82) is 0 Å². The van der Waals surface area contributed by atoms with Gasteiger partial charge in [0.1, 0.15) is 0 Å². The van der Waals surface area contributed by atoms with E-state index in [4.69, 9.17) is 0 Å². The Kier molecular flexibility index (Phi) is 3.68. The molecule has 3 aromatic rings. The van der Waals surface area contributed by atoms with Crippen LogP contribution in [0.5, 0.6) is 0 Å². The average molecular weight is 347 g/mol. The zero-order valence-electron chi connectivity index (χ0n) is 12.8. The van der Waals surface area contributed by atoms with Crippen molar-refractivity contribution in [2.24, 2.45) is 0 Å². The highest BCUT2D eigenvalue weighted by Gasteiger charge is 2.26. The van der Waals surface area contributed by atoms with Crippen LogP contribution in [0.15, 0.2) is 41.4 Å². The van der Waals surface area contributed by atoms with Crippen molar-refractivity contribution < 1.29 is 13.3 Å². The molecule has 10 heteroatoms. The van der Waals surface area contributed by atoms with Gasteiger partial charge in [0.25, 0.3) is 21.7 Å². The number of nitrogens with zero attached hydrogens (tertiary/aromatic N) is 4. The van der Waals surface area contributed by atoms with E-state index >= 15 is 0 Å². The minimum absolute atomic E-state index is 0.0660. The number of aryl methyl sites for hydroxylation is 1. The molecule has 0 aliphatic rings. The maximum atomic E-state index is 12.6. The Morgan fingerprint density at radius 3 is 2.62 bits per heavy atom. The van der Waals surface area contributed by atoms with Gasteiger partial charge in [0.2, 0.25) is 0 Å². The Morgan fingerprint density at radius 2 is 1.96 bits per heavy atom. The summed E-state index contributed by atoms with van der Waals surface area (Å²) in [6.07, 6.45) is 1.63. The molecule has 0 aliphatic heterocycles. The van der Waals surface area contributed by atoms with Crippen molar-refractivity contribution in [2.75, 3.05) is 4.72 Å². The van der Waals surface area contributed by atoms with Crippen LogP contribution in [0.4, 0.5) is 11.6 Å². The second-order valence-electron chi connectivity index (χ2n) is 5.16. The first-order valence-electron chi connectivity index (χ1n) is 6.88. The van der Waals surface area contributed by atoms with E-state index in [1.807, 2.05) is 0 Å². The van der Waals surface area contributed by atoms with Crippen LogP contribution in [0.1, 0.15) is 11.1 Å². The minimum atomic E-state index is -4.06. The smallest absolute Gasteiger partial charge is 0.258 e. The van der Waals surface area contributed by atoms with Crippen LogP contribution < -0.4 is 4.72 Å². The maximum Gasteiger partial charge on any atom is 0.276 e. The molecule has 9 nitrogen and oxygen atoms in total. The fourth-order valence-electron chi connectivity index (χ4n) is 2.44. The lowest BCUT2D eigenvalue weighted by Crippen LogP contribution is -2.16. The molecule has 0 aliphatic carbocycles. The van der Waals surface area contributed by atoms with Crippen LogP contribution >= 0.6 is 0 Å². The van der Waals surface area contributed by atoms with Gasteiger partial charge in [-0.15, -0.1) is 5.10 Å². The number of hydrogen-bond acceptors (Lipinski definition) is 6. The number of nitrogens with one attached hydrogen (secondary N) is 1. The Balaban J connectivity index is 2.05. The van der Waals surface area contributed by atoms with E-state index in [2.05, 4.69) is 14.8 Å². The van der Waals surface area contributed by atoms with Gasteiger partial charge in [-0.2, -0.15) is 4.98 Å². The van der Waals surface area contributed by atoms with Gasteiger partial charge in [-0.25, -0.2) is 17.7 Å². The van der Waals surface area contributed by atoms with Gasteiger partial charge in [-0.1, -0.05) is 12.1 Å². The molecule has 0 unspecified atom stereocenters. The molecule has 24 heavy (non-hydrogen) atoms. The first-order chi connectivity index (χ1) is 11.3. The highest BCUT2D eigenvalue weighted by atomic mass is 32.2. The van der Waals surface area contributed by atoms with E-state index in [-0.39, 0.29) is 22.1 Å². The fourth-order valence-corrected chi connectivity index (χ4v) is 3.62. The van der Waals surface area contributed by atoms with Crippen LogP contribution in [0.2, 0.25) is 0 Å². The predicted octanol–water partition coefficient (Wildman–Crippen LogP) is 2.06. The van der Waals surface area contributed by atoms with Crippen molar-refractivity contribution >= 4 is 27.3 Å². The summed E-state index contributed by atoms with van der Waals surface area (Å²) in [7, 11) is -4.06. The summed E-state index contributed by atoms with van der Waals surface area (Å²) >= 11 is 0. The van der Waals surface area contributed by atoms with Gasteiger partial charge >= 0.3 is 0 Å². The van der Waals surface area contributed by atoms with E-state index in [1.165, 1.54) is 23.6 Å². The molecule has 0 atom stereocenters. The zero-order valence-corrected chi connectivity index (χ0v) is 13.6. The standard InChI is InChI=1S/C14H13N5O4S/c1-9-6-7-11(10(2)13(9)19(20)21)24(22,23)17-14-15-12-5-3-4-8-18(12)16-14/h3-8H,1-2H3,(H,16,17). The molecule has 1 N–H and O–H groups in total. The number of anilines is 1. The van der Waals surface area contributed by atoms with Crippen LogP contribution in [0.25, 0.3) is 5.65 Å². The summed E-state index contributed by atoms with van der Waals surface area (Å²) in [4.78, 5) is 14.4. The quantitative estimate of drug-likeness (QED) is 0.570. The third-order valence-corrected chi connectivity index (χ3v) is 4.99. The van der Waals surface area contributed by atoms with Crippen molar-refractivity contribution in [3.63, 3.8) is 0 Å². The molecule has 2 heterocycles. The second-order valence-corrected chi connectivity index (χ2v) is 6.81. The lowest BCUT2D eigenvalue weighted by Gasteiger charge is -2.09. The Morgan fingerprint density at radius 1 is 1.21 bits per heavy atom. The van der Waals surface area contributed by atoms with Crippen molar-refractivity contribution in [1.82, 2.24) is 14.6 Å². The third kappa shape index (κ3) is 2.67. The fraction of sp³-hybridized carbons (Fsp3) is 0.143. The number of fused-ring (bicyclic) bond motifs is 1. The van der Waals surface area contributed by atoms with Crippen molar-refractivity contribution in [3.05, 3.63) is 57.8 Å². The number of pyridine rings is 1. The topological polar surface area (TPSA) is 120 Å². The molecule has 0 radical (unpaired) electrons. The molecule has 0 spiro atoms. The lowest BCUT2D eigenvalue weighted by molar-refractivity contribution is -0.386. The molecule has 0 saturated carbocycles. The van der Waals surface area contributed by atoms with E-state index in [0.29, 0.717) is 11.2 Å². The van der Waals surface area contributed by atoms with Gasteiger partial charge in [0, 0.05) is 17.3 Å². The molecular weight excluding hydrogens is 334 g/mol. The van der Waals surface area contributed by atoms with Gasteiger partial charge < -0.3 is 0 Å². The molecule has 0 fully saturated rings. The molecule has 2 aromatic heterocycles. The van der Waals surface area contributed by atoms with Gasteiger partial charge in [-0.3, -0.25) is 10.1 Å². The summed E-state index contributed by atoms with van der Waals surface area (Å²) in [6.45, 7) is 2.95. The van der Waals surface area contributed by atoms with Gasteiger partial charge in [-0.05, 0) is 32.0 Å². The lowest BCUT2D eigenvalue weighted by atomic mass is 10.1. The minimum Gasteiger partial charge on any atom is -0.258 e. The van der Waals surface area contributed by atoms with Crippen LogP contribution in [-0.2, 0) is 10.0 Å². The summed E-state index contributed by atoms with van der Waals surface area (Å²) in [6, 6.07) is 7.88. The van der Waals surface area contributed by atoms with Crippen LogP contribution in [0, 0.1) is 24.0 Å². The number of nitro benzene ring substituents is 1. The van der Waals surface area contributed by atoms with Gasteiger partial charge in [0.15, 0.2) is 5.65 Å². The predicted molar refractivity (Wildman–Crippen MR) is 86.4 cm³/mol. The van der Waals surface area contributed by atoms with Crippen LogP contribution in [-0.4, -0.2) is 27.9 Å². The third-order valence-electron chi connectivity index (χ3n) is 3.52. The molecule has 0 bridgehead atoms. The first kappa shape index (κ1) is 15.9. The molecule has 0 amide bonds. The van der Waals surface area contributed by atoms with Crippen molar-refractivity contribution in [3.8, 4) is 0 Å².